The molecule has 196 valence electrons. The van der Waals surface area contributed by atoms with Gasteiger partial charge >= 0.3 is 6.03 Å². The van der Waals surface area contributed by atoms with Crippen LogP contribution in [0.25, 0.3) is 0 Å². The van der Waals surface area contributed by atoms with Crippen LogP contribution in [0.5, 0.6) is 5.75 Å². The Balaban J connectivity index is 1.15. The van der Waals surface area contributed by atoms with Crippen molar-refractivity contribution in [1.82, 2.24) is 15.1 Å². The van der Waals surface area contributed by atoms with Gasteiger partial charge in [0.1, 0.15) is 5.75 Å². The van der Waals surface area contributed by atoms with E-state index in [2.05, 4.69) is 46.6 Å². The minimum atomic E-state index is -0.154. The fraction of sp³-hybridized carbons (Fsp3) is 0.355. The summed E-state index contributed by atoms with van der Waals surface area (Å²) in [5.41, 5.74) is 4.01. The topological polar surface area (TPSA) is 77.8 Å². The van der Waals surface area contributed by atoms with Gasteiger partial charge in [0.25, 0.3) is 0 Å². The predicted molar refractivity (Wildman–Crippen MR) is 146 cm³/mol. The van der Waals surface area contributed by atoms with Crippen molar-refractivity contribution in [3.63, 3.8) is 0 Å². The lowest BCUT2D eigenvalue weighted by Crippen LogP contribution is -2.52. The highest BCUT2D eigenvalue weighted by Gasteiger charge is 2.40. The molecule has 0 radical (unpaired) electrons. The first kappa shape index (κ1) is 25.8. The molecule has 2 fully saturated rings. The Morgan fingerprint density at radius 2 is 1.79 bits per heavy atom. The van der Waals surface area contributed by atoms with Crippen molar-refractivity contribution in [2.75, 3.05) is 39.8 Å². The number of hydrogen-bond donors (Lipinski definition) is 1. The Morgan fingerprint density at radius 1 is 1.03 bits per heavy atom. The number of methoxy groups -OCH3 is 1. The van der Waals surface area contributed by atoms with Gasteiger partial charge in [-0.25, -0.2) is 4.79 Å². The van der Waals surface area contributed by atoms with Crippen LogP contribution in [-0.4, -0.2) is 61.7 Å². The molecule has 3 aromatic rings. The Bertz CT molecular complexity index is 1250. The van der Waals surface area contributed by atoms with Gasteiger partial charge in [0.15, 0.2) is 0 Å². The van der Waals surface area contributed by atoms with Crippen molar-refractivity contribution in [2.24, 2.45) is 0 Å². The summed E-state index contributed by atoms with van der Waals surface area (Å²) < 4.78 is 11.9. The predicted octanol–water partition coefficient (Wildman–Crippen LogP) is 4.71. The molecular formula is C31H34N4O3. The molecule has 2 aliphatic rings. The first-order chi connectivity index (χ1) is 18.6. The maximum absolute atomic E-state index is 12.9. The first-order valence-corrected chi connectivity index (χ1v) is 13.2. The maximum atomic E-state index is 12.9. The van der Waals surface area contributed by atoms with E-state index >= 15 is 0 Å². The Labute approximate surface area is 224 Å². The van der Waals surface area contributed by atoms with Crippen LogP contribution in [0.4, 0.5) is 4.79 Å². The summed E-state index contributed by atoms with van der Waals surface area (Å²) in [5, 5.41) is 12.3. The molecule has 7 nitrogen and oxygen atoms in total. The van der Waals surface area contributed by atoms with Crippen LogP contribution in [0.3, 0.4) is 0 Å². The number of urea groups is 1. The summed E-state index contributed by atoms with van der Waals surface area (Å²) in [6.07, 6.45) is 0.855. The van der Waals surface area contributed by atoms with E-state index in [1.54, 1.807) is 7.11 Å². The number of hydrogen-bond acceptors (Lipinski definition) is 5. The summed E-state index contributed by atoms with van der Waals surface area (Å²) in [6, 6.07) is 28.3. The van der Waals surface area contributed by atoms with Crippen molar-refractivity contribution in [3.8, 4) is 11.8 Å². The van der Waals surface area contributed by atoms with E-state index in [1.165, 1.54) is 5.56 Å². The maximum Gasteiger partial charge on any atom is 0.317 e. The van der Waals surface area contributed by atoms with Crippen molar-refractivity contribution < 1.29 is 14.3 Å². The van der Waals surface area contributed by atoms with Crippen LogP contribution in [-0.2, 0) is 11.3 Å². The monoisotopic (exact) mass is 510 g/mol. The third-order valence-corrected chi connectivity index (χ3v) is 7.41. The normalized spacial score (nSPS) is 19.8. The average molecular weight is 511 g/mol. The molecule has 1 heterocycles. The molecule has 38 heavy (non-hydrogen) atoms. The zero-order valence-corrected chi connectivity index (χ0v) is 21.8. The van der Waals surface area contributed by atoms with E-state index in [9.17, 15) is 4.79 Å². The van der Waals surface area contributed by atoms with E-state index in [0.717, 1.165) is 42.9 Å². The second-order valence-electron chi connectivity index (χ2n) is 9.98. The van der Waals surface area contributed by atoms with Crippen LogP contribution in [0.1, 0.15) is 40.7 Å². The van der Waals surface area contributed by atoms with Gasteiger partial charge < -0.3 is 19.7 Å². The van der Waals surface area contributed by atoms with Crippen LogP contribution >= 0.6 is 0 Å². The Kier molecular flexibility index (Phi) is 8.22. The van der Waals surface area contributed by atoms with Crippen LogP contribution < -0.4 is 10.1 Å². The molecule has 3 atom stereocenters. The summed E-state index contributed by atoms with van der Waals surface area (Å²) >= 11 is 0. The second-order valence-corrected chi connectivity index (χ2v) is 9.98. The standard InChI is InChI=1S/C31H34N4O3/c1-37-27-9-5-8-26(18-27)30(38-22-24-12-10-23(20-32)11-13-24)21-34-14-16-35(17-15-34)31(36)33-29-19-28(29)25-6-3-2-4-7-25/h2-13,18,28-30H,14-17,19,21-22H2,1H3,(H,33,36)/t28-,29-,30-/m0/s1. The SMILES string of the molecule is COc1cccc([C@H](CN2CCN(C(=O)N[C@H]3C[C@H]3c3ccccc3)CC2)OCc2ccc(C#N)cc2)c1. The smallest absolute Gasteiger partial charge is 0.317 e. The van der Waals surface area contributed by atoms with Gasteiger partial charge in [-0.15, -0.1) is 0 Å². The van der Waals surface area contributed by atoms with E-state index in [-0.39, 0.29) is 18.2 Å². The number of rotatable bonds is 9. The molecule has 1 aliphatic heterocycles. The third-order valence-electron chi connectivity index (χ3n) is 7.41. The lowest BCUT2D eigenvalue weighted by Gasteiger charge is -2.36. The Morgan fingerprint density at radius 3 is 2.50 bits per heavy atom. The molecule has 0 spiro atoms. The van der Waals surface area contributed by atoms with Crippen molar-refractivity contribution >= 4 is 6.03 Å². The number of amides is 2. The minimum absolute atomic E-state index is 0.0366. The number of carbonyl (C=O) groups is 1. The van der Waals surface area contributed by atoms with E-state index in [1.807, 2.05) is 53.4 Å². The van der Waals surface area contributed by atoms with Crippen LogP contribution in [0.2, 0.25) is 0 Å². The second kappa shape index (κ2) is 12.1. The number of ether oxygens (including phenoxy) is 2. The van der Waals surface area contributed by atoms with Crippen LogP contribution in [0.15, 0.2) is 78.9 Å². The zero-order valence-electron chi connectivity index (χ0n) is 21.8. The van der Waals surface area contributed by atoms with E-state index < -0.39 is 0 Å². The third kappa shape index (κ3) is 6.52. The van der Waals surface area contributed by atoms with E-state index in [0.29, 0.717) is 31.2 Å². The zero-order chi connectivity index (χ0) is 26.3. The fourth-order valence-corrected chi connectivity index (χ4v) is 5.01. The number of nitrogens with one attached hydrogen (secondary N) is 1. The minimum Gasteiger partial charge on any atom is -0.497 e. The highest BCUT2D eigenvalue weighted by molar-refractivity contribution is 5.75. The molecule has 0 unspecified atom stereocenters. The molecule has 0 aromatic heterocycles. The molecule has 1 aliphatic carbocycles. The summed E-state index contributed by atoms with van der Waals surface area (Å²) in [4.78, 5) is 17.2. The van der Waals surface area contributed by atoms with Gasteiger partial charge in [-0.3, -0.25) is 4.90 Å². The lowest BCUT2D eigenvalue weighted by molar-refractivity contribution is 0.00546. The molecule has 2 amide bonds. The molecule has 1 saturated heterocycles. The number of piperazine rings is 1. The van der Waals surface area contributed by atoms with Gasteiger partial charge in [-0.1, -0.05) is 54.6 Å². The van der Waals surface area contributed by atoms with Crippen molar-refractivity contribution in [1.29, 1.82) is 5.26 Å². The average Bonchev–Trinajstić information content (AvgIpc) is 3.75. The molecule has 1 N–H and O–H groups in total. The fourth-order valence-electron chi connectivity index (χ4n) is 5.01. The number of benzene rings is 3. The van der Waals surface area contributed by atoms with Gasteiger partial charge in [-0.2, -0.15) is 5.26 Å². The molecule has 1 saturated carbocycles. The van der Waals surface area contributed by atoms with Gasteiger partial charge in [0.05, 0.1) is 31.5 Å². The lowest BCUT2D eigenvalue weighted by atomic mass is 10.1. The highest BCUT2D eigenvalue weighted by atomic mass is 16.5. The van der Waals surface area contributed by atoms with Crippen molar-refractivity contribution in [2.45, 2.75) is 31.1 Å². The highest BCUT2D eigenvalue weighted by Crippen LogP contribution is 2.40. The molecule has 7 heteroatoms. The van der Waals surface area contributed by atoms with Gasteiger partial charge in [0.2, 0.25) is 0 Å². The summed E-state index contributed by atoms with van der Waals surface area (Å²) in [6.45, 7) is 4.13. The van der Waals surface area contributed by atoms with Crippen molar-refractivity contribution in [3.05, 3.63) is 101 Å². The summed E-state index contributed by atoms with van der Waals surface area (Å²) in [7, 11) is 1.67. The molecule has 0 bridgehead atoms. The number of carbonyl (C=O) groups excluding carboxylic acids is 1. The molecular weight excluding hydrogens is 476 g/mol. The number of nitrogens with zero attached hydrogens (tertiary/aromatic N) is 3. The summed E-state index contributed by atoms with van der Waals surface area (Å²) in [5.74, 6) is 1.23. The number of nitriles is 1. The largest absolute Gasteiger partial charge is 0.497 e. The molecule has 5 rings (SSSR count). The molecule has 3 aromatic carbocycles. The van der Waals surface area contributed by atoms with Gasteiger partial charge in [0, 0.05) is 44.7 Å². The van der Waals surface area contributed by atoms with Gasteiger partial charge in [-0.05, 0) is 47.4 Å². The van der Waals surface area contributed by atoms with Crippen LogP contribution in [0, 0.1) is 11.3 Å². The quantitative estimate of drug-likeness (QED) is 0.451. The van der Waals surface area contributed by atoms with E-state index in [4.69, 9.17) is 14.7 Å². The Hall–Kier alpha value is -3.86. The first-order valence-electron chi connectivity index (χ1n) is 13.2.